The Labute approximate surface area is 146 Å². The standard InChI is InChI=1S/C21H20N2O2/c24-20-16-3-1-2-4-17(16)21(25)23(20)15-9-7-14(8-10-15)18-11-19(18)22-12-13-5-6-13/h1-4,7-10,13,18-19,22H,5-6,11-12H2. The van der Waals surface area contributed by atoms with Crippen LogP contribution in [0.15, 0.2) is 48.5 Å². The van der Waals surface area contributed by atoms with Crippen molar-refractivity contribution in [3.8, 4) is 0 Å². The van der Waals surface area contributed by atoms with Crippen LogP contribution in [0.5, 0.6) is 0 Å². The molecule has 2 fully saturated rings. The molecular weight excluding hydrogens is 312 g/mol. The fourth-order valence-electron chi connectivity index (χ4n) is 3.72. The molecule has 1 heterocycles. The van der Waals surface area contributed by atoms with Gasteiger partial charge < -0.3 is 5.32 Å². The molecule has 5 rings (SSSR count). The maximum atomic E-state index is 12.5. The molecule has 0 spiro atoms. The fourth-order valence-corrected chi connectivity index (χ4v) is 3.72. The third kappa shape index (κ3) is 2.57. The first-order valence-electron chi connectivity index (χ1n) is 9.03. The smallest absolute Gasteiger partial charge is 0.266 e. The predicted octanol–water partition coefficient (Wildman–Crippen LogP) is 3.34. The topological polar surface area (TPSA) is 49.4 Å². The van der Waals surface area contributed by atoms with Gasteiger partial charge in [-0.05, 0) is 61.6 Å². The van der Waals surface area contributed by atoms with Crippen LogP contribution in [-0.4, -0.2) is 24.4 Å². The summed E-state index contributed by atoms with van der Waals surface area (Å²) in [6.07, 6.45) is 3.93. The van der Waals surface area contributed by atoms with Crippen LogP contribution in [0.3, 0.4) is 0 Å². The number of hydrogen-bond acceptors (Lipinski definition) is 3. The van der Waals surface area contributed by atoms with E-state index in [1.807, 2.05) is 12.1 Å². The van der Waals surface area contributed by atoms with Crippen LogP contribution in [0.4, 0.5) is 5.69 Å². The van der Waals surface area contributed by atoms with E-state index in [1.54, 1.807) is 24.3 Å². The van der Waals surface area contributed by atoms with Gasteiger partial charge in [0.2, 0.25) is 0 Å². The van der Waals surface area contributed by atoms with Gasteiger partial charge in [-0.15, -0.1) is 0 Å². The molecule has 2 unspecified atom stereocenters. The lowest BCUT2D eigenvalue weighted by Crippen LogP contribution is -2.29. The zero-order valence-electron chi connectivity index (χ0n) is 13.9. The Morgan fingerprint density at radius 1 is 0.920 bits per heavy atom. The molecule has 2 aliphatic carbocycles. The Morgan fingerprint density at radius 3 is 2.16 bits per heavy atom. The molecule has 1 aliphatic heterocycles. The summed E-state index contributed by atoms with van der Waals surface area (Å²) in [6.45, 7) is 1.15. The van der Waals surface area contributed by atoms with Gasteiger partial charge in [0, 0.05) is 12.0 Å². The second-order valence-corrected chi connectivity index (χ2v) is 7.38. The maximum Gasteiger partial charge on any atom is 0.266 e. The Morgan fingerprint density at radius 2 is 1.56 bits per heavy atom. The Kier molecular flexibility index (Phi) is 3.28. The molecule has 0 aromatic heterocycles. The van der Waals surface area contributed by atoms with Crippen molar-refractivity contribution in [2.75, 3.05) is 11.4 Å². The average molecular weight is 332 g/mol. The number of anilines is 1. The summed E-state index contributed by atoms with van der Waals surface area (Å²) in [5.74, 6) is 1.000. The second-order valence-electron chi connectivity index (χ2n) is 7.38. The number of benzene rings is 2. The first-order valence-corrected chi connectivity index (χ1v) is 9.03. The van der Waals surface area contributed by atoms with E-state index in [0.29, 0.717) is 28.8 Å². The van der Waals surface area contributed by atoms with Gasteiger partial charge in [-0.25, -0.2) is 4.90 Å². The van der Waals surface area contributed by atoms with Crippen LogP contribution in [0.2, 0.25) is 0 Å². The third-order valence-electron chi connectivity index (χ3n) is 5.53. The minimum absolute atomic E-state index is 0.233. The Balaban J connectivity index is 1.31. The predicted molar refractivity (Wildman–Crippen MR) is 95.9 cm³/mol. The van der Waals surface area contributed by atoms with E-state index in [4.69, 9.17) is 0 Å². The van der Waals surface area contributed by atoms with E-state index >= 15 is 0 Å². The highest BCUT2D eigenvalue weighted by Crippen LogP contribution is 2.42. The minimum atomic E-state index is -0.233. The van der Waals surface area contributed by atoms with Crippen molar-refractivity contribution in [1.82, 2.24) is 5.32 Å². The third-order valence-corrected chi connectivity index (χ3v) is 5.53. The van der Waals surface area contributed by atoms with E-state index in [1.165, 1.54) is 29.7 Å². The number of amides is 2. The van der Waals surface area contributed by atoms with Crippen LogP contribution in [0, 0.1) is 5.92 Å². The van der Waals surface area contributed by atoms with Crippen molar-refractivity contribution in [3.63, 3.8) is 0 Å². The van der Waals surface area contributed by atoms with Crippen molar-refractivity contribution in [1.29, 1.82) is 0 Å². The van der Waals surface area contributed by atoms with Gasteiger partial charge in [0.1, 0.15) is 0 Å². The first kappa shape index (κ1) is 14.8. The van der Waals surface area contributed by atoms with Gasteiger partial charge >= 0.3 is 0 Å². The molecule has 4 nitrogen and oxygen atoms in total. The molecule has 2 atom stereocenters. The number of nitrogens with zero attached hydrogens (tertiary/aromatic N) is 1. The molecule has 0 radical (unpaired) electrons. The molecule has 3 aliphatic rings. The minimum Gasteiger partial charge on any atom is -0.313 e. The lowest BCUT2D eigenvalue weighted by molar-refractivity contribution is 0.0926. The fraction of sp³-hybridized carbons (Fsp3) is 0.333. The number of carbonyl (C=O) groups excluding carboxylic acids is 2. The molecular formula is C21H20N2O2. The summed E-state index contributed by atoms with van der Waals surface area (Å²) in [4.78, 5) is 26.4. The van der Waals surface area contributed by atoms with Gasteiger partial charge in [0.05, 0.1) is 16.8 Å². The molecule has 4 heteroatoms. The van der Waals surface area contributed by atoms with Crippen LogP contribution in [0.25, 0.3) is 0 Å². The van der Waals surface area contributed by atoms with Crippen LogP contribution >= 0.6 is 0 Å². The number of carbonyl (C=O) groups is 2. The second kappa shape index (κ2) is 5.53. The van der Waals surface area contributed by atoms with Gasteiger partial charge in [-0.2, -0.15) is 0 Å². The number of nitrogens with one attached hydrogen (secondary N) is 1. The van der Waals surface area contributed by atoms with Crippen LogP contribution < -0.4 is 10.2 Å². The van der Waals surface area contributed by atoms with E-state index in [0.717, 1.165) is 12.5 Å². The van der Waals surface area contributed by atoms with Crippen molar-refractivity contribution in [3.05, 3.63) is 65.2 Å². The van der Waals surface area contributed by atoms with Crippen LogP contribution in [0.1, 0.15) is 51.5 Å². The van der Waals surface area contributed by atoms with Gasteiger partial charge in [0.25, 0.3) is 11.8 Å². The summed E-state index contributed by atoms with van der Waals surface area (Å²) in [5, 5.41) is 3.64. The summed E-state index contributed by atoms with van der Waals surface area (Å²) < 4.78 is 0. The van der Waals surface area contributed by atoms with Crippen molar-refractivity contribution < 1.29 is 9.59 Å². The molecule has 126 valence electrons. The monoisotopic (exact) mass is 332 g/mol. The number of hydrogen-bond donors (Lipinski definition) is 1. The Bertz CT molecular complexity index is 819. The molecule has 0 bridgehead atoms. The van der Waals surface area contributed by atoms with Gasteiger partial charge in [-0.1, -0.05) is 24.3 Å². The SMILES string of the molecule is O=C1c2ccccc2C(=O)N1c1ccc(C2CC2NCC2CC2)cc1. The van der Waals surface area contributed by atoms with Crippen molar-refractivity contribution in [2.24, 2.45) is 5.92 Å². The zero-order chi connectivity index (χ0) is 17.0. The van der Waals surface area contributed by atoms with E-state index in [2.05, 4.69) is 17.4 Å². The van der Waals surface area contributed by atoms with Crippen LogP contribution in [-0.2, 0) is 0 Å². The van der Waals surface area contributed by atoms with Gasteiger partial charge in [0.15, 0.2) is 0 Å². The summed E-state index contributed by atoms with van der Waals surface area (Å²) >= 11 is 0. The molecule has 25 heavy (non-hydrogen) atoms. The highest BCUT2D eigenvalue weighted by atomic mass is 16.2. The Hall–Kier alpha value is -2.46. The summed E-state index contributed by atoms with van der Waals surface area (Å²) in [6, 6.07) is 15.5. The highest BCUT2D eigenvalue weighted by molar-refractivity contribution is 6.34. The summed E-state index contributed by atoms with van der Waals surface area (Å²) in [7, 11) is 0. The van der Waals surface area contributed by atoms with E-state index in [9.17, 15) is 9.59 Å². The number of fused-ring (bicyclic) bond motifs is 1. The largest absolute Gasteiger partial charge is 0.313 e. The van der Waals surface area contributed by atoms with Crippen molar-refractivity contribution >= 4 is 17.5 Å². The lowest BCUT2D eigenvalue weighted by atomic mass is 10.1. The molecule has 2 amide bonds. The molecule has 0 saturated heterocycles. The molecule has 2 aromatic carbocycles. The molecule has 2 saturated carbocycles. The molecule has 2 aromatic rings. The van der Waals surface area contributed by atoms with E-state index in [-0.39, 0.29) is 11.8 Å². The van der Waals surface area contributed by atoms with E-state index < -0.39 is 0 Å². The highest BCUT2D eigenvalue weighted by Gasteiger charge is 2.40. The average Bonchev–Trinajstić information content (AvgIpc) is 3.55. The zero-order valence-corrected chi connectivity index (χ0v) is 13.9. The summed E-state index contributed by atoms with van der Waals surface area (Å²) in [5.41, 5.74) is 2.91. The first-order chi connectivity index (χ1) is 12.2. The van der Waals surface area contributed by atoms with Gasteiger partial charge in [-0.3, -0.25) is 9.59 Å². The quantitative estimate of drug-likeness (QED) is 0.854. The normalized spacial score (nSPS) is 24.6. The number of rotatable bonds is 5. The number of imide groups is 1. The lowest BCUT2D eigenvalue weighted by Gasteiger charge is -2.14. The van der Waals surface area contributed by atoms with Crippen molar-refractivity contribution in [2.45, 2.75) is 31.2 Å². The molecule has 1 N–H and O–H groups in total. The maximum absolute atomic E-state index is 12.5.